The summed E-state index contributed by atoms with van der Waals surface area (Å²) in [6.07, 6.45) is 1.63. The van der Waals surface area contributed by atoms with Gasteiger partial charge in [-0.3, -0.25) is 9.59 Å². The van der Waals surface area contributed by atoms with Gasteiger partial charge < -0.3 is 10.1 Å². The molecule has 28 heavy (non-hydrogen) atoms. The van der Waals surface area contributed by atoms with Crippen molar-refractivity contribution >= 4 is 45.7 Å². The maximum Gasteiger partial charge on any atom is 0.227 e. The van der Waals surface area contributed by atoms with Crippen LogP contribution in [0.25, 0.3) is 10.9 Å². The van der Waals surface area contributed by atoms with Crippen LogP contribution in [0, 0.1) is 6.92 Å². The minimum Gasteiger partial charge on any atom is -0.480 e. The van der Waals surface area contributed by atoms with Gasteiger partial charge in [0.25, 0.3) is 0 Å². The summed E-state index contributed by atoms with van der Waals surface area (Å²) in [6, 6.07) is 5.40. The van der Waals surface area contributed by atoms with Crippen molar-refractivity contribution in [1.82, 2.24) is 20.3 Å². The molecule has 0 saturated carbocycles. The fraction of sp³-hybridized carbons (Fsp3) is 0.316. The molecule has 0 bridgehead atoms. The van der Waals surface area contributed by atoms with E-state index in [9.17, 15) is 9.59 Å². The van der Waals surface area contributed by atoms with Gasteiger partial charge in [0.05, 0.1) is 34.6 Å². The van der Waals surface area contributed by atoms with Gasteiger partial charge in [0.15, 0.2) is 5.78 Å². The van der Waals surface area contributed by atoms with E-state index in [1.165, 1.54) is 23.1 Å². The van der Waals surface area contributed by atoms with Gasteiger partial charge in [-0.15, -0.1) is 11.3 Å². The predicted octanol–water partition coefficient (Wildman–Crippen LogP) is 3.23. The van der Waals surface area contributed by atoms with Crippen LogP contribution in [0.4, 0.5) is 0 Å². The molecule has 3 heterocycles. The molecule has 1 unspecified atom stereocenters. The number of carbonyl (C=O) groups is 2. The number of carbonyl (C=O) groups excluding carboxylic acids is 2. The van der Waals surface area contributed by atoms with Crippen LogP contribution in [-0.4, -0.2) is 46.6 Å². The van der Waals surface area contributed by atoms with E-state index in [1.807, 2.05) is 19.9 Å². The Kier molecular flexibility index (Phi) is 6.25. The number of hydrogen-bond acceptors (Lipinski definition) is 8. The van der Waals surface area contributed by atoms with Crippen molar-refractivity contribution < 1.29 is 14.3 Å². The first-order valence-corrected chi connectivity index (χ1v) is 10.4. The fourth-order valence-electron chi connectivity index (χ4n) is 2.67. The lowest BCUT2D eigenvalue weighted by molar-refractivity contribution is -0.121. The SMILES string of the molecule is CNC(=O)C(C)c1ccc(C(=O)CSc2nc(C)nc3ccnc(OC)c23)s1. The Hall–Kier alpha value is -2.52. The maximum absolute atomic E-state index is 12.7. The molecule has 3 aromatic rings. The zero-order valence-corrected chi connectivity index (χ0v) is 17.6. The van der Waals surface area contributed by atoms with Crippen LogP contribution in [0.15, 0.2) is 29.4 Å². The van der Waals surface area contributed by atoms with Gasteiger partial charge in [-0.25, -0.2) is 15.0 Å². The Morgan fingerprint density at radius 1 is 1.29 bits per heavy atom. The number of nitrogens with one attached hydrogen (secondary N) is 1. The summed E-state index contributed by atoms with van der Waals surface area (Å²) >= 11 is 2.68. The van der Waals surface area contributed by atoms with E-state index >= 15 is 0 Å². The highest BCUT2D eigenvalue weighted by Crippen LogP contribution is 2.32. The molecule has 1 N–H and O–H groups in total. The van der Waals surface area contributed by atoms with E-state index in [2.05, 4.69) is 20.3 Å². The van der Waals surface area contributed by atoms with Gasteiger partial charge in [0, 0.05) is 18.1 Å². The summed E-state index contributed by atoms with van der Waals surface area (Å²) in [4.78, 5) is 39.0. The van der Waals surface area contributed by atoms with Crippen molar-refractivity contribution in [2.75, 3.05) is 19.9 Å². The molecular formula is C19H20N4O3S2. The lowest BCUT2D eigenvalue weighted by Gasteiger charge is -2.09. The number of ether oxygens (including phenoxy) is 1. The Morgan fingerprint density at radius 2 is 2.07 bits per heavy atom. The monoisotopic (exact) mass is 416 g/mol. The number of thioether (sulfide) groups is 1. The molecule has 0 saturated heterocycles. The molecular weight excluding hydrogens is 396 g/mol. The highest BCUT2D eigenvalue weighted by atomic mass is 32.2. The number of nitrogens with zero attached hydrogens (tertiary/aromatic N) is 3. The smallest absolute Gasteiger partial charge is 0.227 e. The Morgan fingerprint density at radius 3 is 2.79 bits per heavy atom. The normalized spacial score (nSPS) is 12.0. The van der Waals surface area contributed by atoms with Crippen LogP contribution in [0.5, 0.6) is 5.88 Å². The van der Waals surface area contributed by atoms with Gasteiger partial charge in [0.2, 0.25) is 11.8 Å². The number of amides is 1. The third kappa shape index (κ3) is 4.15. The molecule has 0 spiro atoms. The van der Waals surface area contributed by atoms with Crippen LogP contribution in [0.1, 0.15) is 33.2 Å². The second-order valence-electron chi connectivity index (χ2n) is 6.04. The van der Waals surface area contributed by atoms with Crippen molar-refractivity contribution in [1.29, 1.82) is 0 Å². The standard InChI is InChI=1S/C19H20N4O3S2/c1-10(17(25)20-3)14-5-6-15(28-14)13(24)9-27-19-16-12(22-11(2)23-19)7-8-21-18(16)26-4/h5-8,10H,9H2,1-4H3,(H,20,25). The number of methoxy groups -OCH3 is 1. The molecule has 3 rings (SSSR count). The van der Waals surface area contributed by atoms with Gasteiger partial charge in [-0.2, -0.15) is 0 Å². The van der Waals surface area contributed by atoms with Gasteiger partial charge in [0.1, 0.15) is 10.9 Å². The summed E-state index contributed by atoms with van der Waals surface area (Å²) in [6.45, 7) is 3.63. The van der Waals surface area contributed by atoms with Gasteiger partial charge >= 0.3 is 0 Å². The number of Topliss-reactive ketones (excluding diaryl/α,β-unsaturated/α-hetero) is 1. The molecule has 0 aliphatic heterocycles. The number of aromatic nitrogens is 3. The molecule has 9 heteroatoms. The minimum absolute atomic E-state index is 0.0161. The molecule has 0 radical (unpaired) electrons. The number of ketones is 1. The van der Waals surface area contributed by atoms with E-state index in [1.54, 1.807) is 32.5 Å². The molecule has 0 aliphatic rings. The lowest BCUT2D eigenvalue weighted by atomic mass is 10.1. The largest absolute Gasteiger partial charge is 0.480 e. The summed E-state index contributed by atoms with van der Waals surface area (Å²) in [5.74, 6) is 0.903. The first-order valence-electron chi connectivity index (χ1n) is 8.59. The average molecular weight is 417 g/mol. The van der Waals surface area contributed by atoms with E-state index < -0.39 is 0 Å². The zero-order chi connectivity index (χ0) is 20.3. The number of rotatable bonds is 7. The number of fused-ring (bicyclic) bond motifs is 1. The molecule has 1 atom stereocenters. The third-order valence-electron chi connectivity index (χ3n) is 4.16. The first kappa shape index (κ1) is 20.2. The van der Waals surface area contributed by atoms with E-state index in [-0.39, 0.29) is 23.4 Å². The summed E-state index contributed by atoms with van der Waals surface area (Å²) in [5.41, 5.74) is 0.729. The number of thiophene rings is 1. The van der Waals surface area contributed by atoms with Crippen molar-refractivity contribution in [3.8, 4) is 5.88 Å². The number of aryl methyl sites for hydroxylation is 1. The average Bonchev–Trinajstić information content (AvgIpc) is 3.20. The Labute approximate surface area is 170 Å². The van der Waals surface area contributed by atoms with E-state index in [0.29, 0.717) is 27.0 Å². The number of pyridine rings is 1. The summed E-state index contributed by atoms with van der Waals surface area (Å²) in [7, 11) is 3.15. The highest BCUT2D eigenvalue weighted by molar-refractivity contribution is 8.00. The summed E-state index contributed by atoms with van der Waals surface area (Å²) < 4.78 is 5.34. The van der Waals surface area contributed by atoms with Crippen LogP contribution < -0.4 is 10.1 Å². The van der Waals surface area contributed by atoms with Crippen molar-refractivity contribution in [3.63, 3.8) is 0 Å². The second kappa shape index (κ2) is 8.66. The minimum atomic E-state index is -0.284. The first-order chi connectivity index (χ1) is 13.4. The summed E-state index contributed by atoms with van der Waals surface area (Å²) in [5, 5.41) is 3.99. The van der Waals surface area contributed by atoms with Gasteiger partial charge in [-0.1, -0.05) is 11.8 Å². The maximum atomic E-state index is 12.7. The van der Waals surface area contributed by atoms with Crippen molar-refractivity contribution in [3.05, 3.63) is 40.0 Å². The molecule has 0 fully saturated rings. The molecule has 1 amide bonds. The van der Waals surface area contributed by atoms with Crippen LogP contribution >= 0.6 is 23.1 Å². The van der Waals surface area contributed by atoms with Crippen LogP contribution in [-0.2, 0) is 4.79 Å². The molecule has 146 valence electrons. The Bertz CT molecular complexity index is 1040. The quantitative estimate of drug-likeness (QED) is 0.359. The second-order valence-corrected chi connectivity index (χ2v) is 8.12. The zero-order valence-electron chi connectivity index (χ0n) is 16.0. The lowest BCUT2D eigenvalue weighted by Crippen LogP contribution is -2.23. The third-order valence-corrected chi connectivity index (χ3v) is 6.44. The molecule has 7 nitrogen and oxygen atoms in total. The highest BCUT2D eigenvalue weighted by Gasteiger charge is 2.19. The van der Waals surface area contributed by atoms with Crippen LogP contribution in [0.2, 0.25) is 0 Å². The van der Waals surface area contributed by atoms with E-state index in [4.69, 9.17) is 4.74 Å². The van der Waals surface area contributed by atoms with E-state index in [0.717, 1.165) is 10.4 Å². The number of hydrogen-bond donors (Lipinski definition) is 1. The van der Waals surface area contributed by atoms with Crippen molar-refractivity contribution in [2.45, 2.75) is 24.8 Å². The number of likely N-dealkylation sites (N-methyl/N-ethyl adjacent to an activating group) is 1. The predicted molar refractivity (Wildman–Crippen MR) is 110 cm³/mol. The topological polar surface area (TPSA) is 94.1 Å². The van der Waals surface area contributed by atoms with Crippen molar-refractivity contribution in [2.24, 2.45) is 0 Å². The van der Waals surface area contributed by atoms with Gasteiger partial charge in [-0.05, 0) is 32.0 Å². The Balaban J connectivity index is 1.80. The van der Waals surface area contributed by atoms with Crippen LogP contribution in [0.3, 0.4) is 0 Å². The fourth-order valence-corrected chi connectivity index (χ4v) is 4.72. The molecule has 0 aromatic carbocycles. The molecule has 0 aliphatic carbocycles. The molecule has 3 aromatic heterocycles.